The molecule has 0 amide bonds. The van der Waals surface area contributed by atoms with E-state index in [-0.39, 0.29) is 12.2 Å². The van der Waals surface area contributed by atoms with Gasteiger partial charge in [-0.05, 0) is 12.2 Å². The highest BCUT2D eigenvalue weighted by molar-refractivity contribution is 4.97. The molecule has 0 bridgehead atoms. The molecule has 0 N–H and O–H groups in total. The Labute approximate surface area is 69.0 Å². The summed E-state index contributed by atoms with van der Waals surface area (Å²) < 4.78 is 80.6. The van der Waals surface area contributed by atoms with Gasteiger partial charge in [0, 0.05) is 0 Å². The highest BCUT2D eigenvalue weighted by Gasteiger charge is 2.38. The van der Waals surface area contributed by atoms with Crippen molar-refractivity contribution in [1.82, 2.24) is 0 Å². The zero-order valence-electron chi connectivity index (χ0n) is 6.03. The number of alkyl halides is 7. The third-order valence-corrected chi connectivity index (χ3v) is 1.02. The van der Waals surface area contributed by atoms with Crippen molar-refractivity contribution in [2.24, 2.45) is 0 Å². The van der Waals surface area contributed by atoms with Gasteiger partial charge in [0.2, 0.25) is 6.17 Å². The van der Waals surface area contributed by atoms with Crippen molar-refractivity contribution in [3.05, 3.63) is 12.2 Å². The van der Waals surface area contributed by atoms with Gasteiger partial charge < -0.3 is 0 Å². The third kappa shape index (κ3) is 4.74. The Morgan fingerprint density at radius 3 is 1.62 bits per heavy atom. The van der Waals surface area contributed by atoms with Crippen LogP contribution in [-0.4, -0.2) is 24.9 Å². The molecule has 0 fully saturated rings. The van der Waals surface area contributed by atoms with Crippen LogP contribution < -0.4 is 0 Å². The van der Waals surface area contributed by atoms with Crippen LogP contribution in [0.1, 0.15) is 0 Å². The lowest BCUT2D eigenvalue weighted by Gasteiger charge is -2.07. The first kappa shape index (κ1) is 12.2. The summed E-state index contributed by atoms with van der Waals surface area (Å²) in [6.45, 7) is 0. The van der Waals surface area contributed by atoms with Gasteiger partial charge in [-0.3, -0.25) is 0 Å². The van der Waals surface area contributed by atoms with Gasteiger partial charge in [0.15, 0.2) is 6.17 Å². The quantitative estimate of drug-likeness (QED) is 0.496. The number of halogens is 7. The summed E-state index contributed by atoms with van der Waals surface area (Å²) in [6.07, 6.45) is -15.3. The second-order valence-electron chi connectivity index (χ2n) is 2.11. The number of hydrogen-bond donors (Lipinski definition) is 0. The number of rotatable bonds is 3. The molecule has 0 spiro atoms. The van der Waals surface area contributed by atoms with E-state index in [1.807, 2.05) is 0 Å². The van der Waals surface area contributed by atoms with Crippen molar-refractivity contribution in [1.29, 1.82) is 0 Å². The fourth-order valence-corrected chi connectivity index (χ4v) is 0.397. The largest absolute Gasteiger partial charge is 0.423 e. The SMILES string of the molecule is FC(F)C(F)C=CC(F)C(F)(F)F. The smallest absolute Gasteiger partial charge is 0.237 e. The lowest BCUT2D eigenvalue weighted by Crippen LogP contribution is -2.22. The van der Waals surface area contributed by atoms with Crippen molar-refractivity contribution in [3.8, 4) is 0 Å². The Morgan fingerprint density at radius 1 is 0.846 bits per heavy atom. The molecule has 0 saturated heterocycles. The maximum atomic E-state index is 11.9. The van der Waals surface area contributed by atoms with Crippen LogP contribution in [-0.2, 0) is 0 Å². The van der Waals surface area contributed by atoms with Gasteiger partial charge in [-0.1, -0.05) is 0 Å². The molecule has 7 heteroatoms. The van der Waals surface area contributed by atoms with Crippen LogP contribution in [0.3, 0.4) is 0 Å². The highest BCUT2D eigenvalue weighted by Crippen LogP contribution is 2.24. The van der Waals surface area contributed by atoms with E-state index in [0.29, 0.717) is 0 Å². The third-order valence-electron chi connectivity index (χ3n) is 1.02. The zero-order valence-corrected chi connectivity index (χ0v) is 6.03. The monoisotopic (exact) mass is 210 g/mol. The molecular formula is C6H5F7. The van der Waals surface area contributed by atoms with E-state index < -0.39 is 24.9 Å². The second kappa shape index (κ2) is 4.48. The van der Waals surface area contributed by atoms with Gasteiger partial charge in [0.05, 0.1) is 0 Å². The Kier molecular flexibility index (Phi) is 4.22. The van der Waals surface area contributed by atoms with Crippen molar-refractivity contribution in [3.63, 3.8) is 0 Å². The summed E-state index contributed by atoms with van der Waals surface area (Å²) >= 11 is 0. The zero-order chi connectivity index (χ0) is 10.6. The van der Waals surface area contributed by atoms with Crippen molar-refractivity contribution in [2.75, 3.05) is 0 Å². The second-order valence-corrected chi connectivity index (χ2v) is 2.11. The average molecular weight is 210 g/mol. The molecule has 2 unspecified atom stereocenters. The summed E-state index contributed by atoms with van der Waals surface area (Å²) in [5.74, 6) is 0. The lowest BCUT2D eigenvalue weighted by atomic mass is 10.3. The van der Waals surface area contributed by atoms with Crippen LogP contribution in [0, 0.1) is 0 Å². The molecule has 0 aromatic rings. The maximum absolute atomic E-state index is 11.9. The molecule has 0 rings (SSSR count). The molecule has 0 saturated carbocycles. The summed E-state index contributed by atoms with van der Waals surface area (Å²) in [5, 5.41) is 0. The minimum absolute atomic E-state index is 0.150. The molecule has 13 heavy (non-hydrogen) atoms. The topological polar surface area (TPSA) is 0 Å². The highest BCUT2D eigenvalue weighted by atomic mass is 19.4. The normalized spacial score (nSPS) is 18.2. The minimum atomic E-state index is -5.18. The van der Waals surface area contributed by atoms with Crippen LogP contribution in [0.25, 0.3) is 0 Å². The van der Waals surface area contributed by atoms with Gasteiger partial charge in [0.1, 0.15) is 0 Å². The van der Waals surface area contributed by atoms with E-state index in [9.17, 15) is 30.7 Å². The van der Waals surface area contributed by atoms with Crippen LogP contribution in [0.5, 0.6) is 0 Å². The van der Waals surface area contributed by atoms with Gasteiger partial charge >= 0.3 is 6.18 Å². The van der Waals surface area contributed by atoms with Crippen LogP contribution in [0.2, 0.25) is 0 Å². The van der Waals surface area contributed by atoms with Crippen molar-refractivity contribution >= 4 is 0 Å². The van der Waals surface area contributed by atoms with Gasteiger partial charge in [-0.2, -0.15) is 13.2 Å². The van der Waals surface area contributed by atoms with Crippen LogP contribution in [0.4, 0.5) is 30.7 Å². The molecule has 0 heterocycles. The van der Waals surface area contributed by atoms with Gasteiger partial charge in [-0.15, -0.1) is 0 Å². The van der Waals surface area contributed by atoms with Crippen LogP contribution >= 0.6 is 0 Å². The first-order valence-electron chi connectivity index (χ1n) is 3.06. The number of hydrogen-bond acceptors (Lipinski definition) is 0. The summed E-state index contributed by atoms with van der Waals surface area (Å²) in [5.41, 5.74) is 0. The van der Waals surface area contributed by atoms with Crippen molar-refractivity contribution in [2.45, 2.75) is 24.9 Å². The Bertz CT molecular complexity index is 170. The maximum Gasteiger partial charge on any atom is 0.423 e. The molecule has 2 atom stereocenters. The standard InChI is InChI=1S/C6H5F7/c7-3(5(9)10)1-2-4(8)6(11,12)13/h1-5H. The lowest BCUT2D eigenvalue weighted by molar-refractivity contribution is -0.166. The van der Waals surface area contributed by atoms with Crippen LogP contribution in [0.15, 0.2) is 12.2 Å². The van der Waals surface area contributed by atoms with E-state index in [1.165, 1.54) is 0 Å². The molecule has 0 aliphatic rings. The summed E-state index contributed by atoms with van der Waals surface area (Å²) in [4.78, 5) is 0. The Balaban J connectivity index is 4.12. The fourth-order valence-electron chi connectivity index (χ4n) is 0.397. The fraction of sp³-hybridized carbons (Fsp3) is 0.667. The Hall–Kier alpha value is -0.750. The molecule has 0 radical (unpaired) electrons. The predicted molar refractivity (Wildman–Crippen MR) is 31.0 cm³/mol. The Morgan fingerprint density at radius 2 is 1.31 bits per heavy atom. The molecule has 0 aliphatic heterocycles. The first-order chi connectivity index (χ1) is 5.75. The van der Waals surface area contributed by atoms with E-state index >= 15 is 0 Å². The first-order valence-corrected chi connectivity index (χ1v) is 3.06. The minimum Gasteiger partial charge on any atom is -0.237 e. The van der Waals surface area contributed by atoms with E-state index in [0.717, 1.165) is 0 Å². The molecule has 0 aliphatic carbocycles. The summed E-state index contributed by atoms with van der Waals surface area (Å²) in [6, 6.07) is 0. The number of allylic oxidation sites excluding steroid dienone is 2. The van der Waals surface area contributed by atoms with E-state index in [4.69, 9.17) is 0 Å². The van der Waals surface area contributed by atoms with E-state index in [2.05, 4.69) is 0 Å². The van der Waals surface area contributed by atoms with Crippen molar-refractivity contribution < 1.29 is 30.7 Å². The summed E-state index contributed by atoms with van der Waals surface area (Å²) in [7, 11) is 0. The van der Waals surface area contributed by atoms with Gasteiger partial charge in [-0.25, -0.2) is 17.6 Å². The average Bonchev–Trinajstić information content (AvgIpc) is 1.97. The molecule has 78 valence electrons. The molecule has 0 aromatic carbocycles. The van der Waals surface area contributed by atoms with Gasteiger partial charge in [0.25, 0.3) is 6.43 Å². The molecular weight excluding hydrogens is 205 g/mol. The molecule has 0 nitrogen and oxygen atoms in total. The van der Waals surface area contributed by atoms with E-state index in [1.54, 1.807) is 0 Å². The predicted octanol–water partition coefficient (Wildman–Crippen LogP) is 3.05. The molecule has 0 aromatic heterocycles.